The molecule has 0 aliphatic rings. The number of fused-ring (bicyclic) bond motifs is 1. The molecular formula is C46H52N10O10S2. The third-order valence-electron chi connectivity index (χ3n) is 10.4. The second-order valence-corrected chi connectivity index (χ2v) is 20.1. The van der Waals surface area contributed by atoms with Crippen LogP contribution in [0.4, 0.5) is 10.7 Å². The Morgan fingerprint density at radius 2 is 1.37 bits per heavy atom. The number of aliphatic hydroxyl groups is 1. The van der Waals surface area contributed by atoms with Crippen molar-refractivity contribution < 1.29 is 45.7 Å². The number of nitrogens with zero attached hydrogens (tertiary/aromatic N) is 6. The molecule has 7 rings (SSSR count). The van der Waals surface area contributed by atoms with E-state index in [0.29, 0.717) is 45.0 Å². The van der Waals surface area contributed by atoms with E-state index in [0.717, 1.165) is 15.9 Å². The van der Waals surface area contributed by atoms with E-state index in [9.17, 15) is 18.3 Å². The van der Waals surface area contributed by atoms with Crippen LogP contribution in [0.5, 0.6) is 17.2 Å². The summed E-state index contributed by atoms with van der Waals surface area (Å²) in [6.07, 6.45) is -2.30. The van der Waals surface area contributed by atoms with Gasteiger partial charge in [-0.2, -0.15) is 9.10 Å². The van der Waals surface area contributed by atoms with Gasteiger partial charge in [0.15, 0.2) is 5.95 Å². The van der Waals surface area contributed by atoms with Gasteiger partial charge in [-0.15, -0.1) is 10.2 Å². The number of aromatic amines is 1. The molecule has 68 heavy (non-hydrogen) atoms. The smallest absolute Gasteiger partial charge is 0.407 e. The lowest BCUT2D eigenvalue weighted by molar-refractivity contribution is 0.0494. The summed E-state index contributed by atoms with van der Waals surface area (Å²) in [5.41, 5.74) is 8.34. The van der Waals surface area contributed by atoms with Crippen LogP contribution in [0.2, 0.25) is 0 Å². The maximum Gasteiger partial charge on any atom is 0.407 e. The first-order chi connectivity index (χ1) is 32.4. The van der Waals surface area contributed by atoms with Gasteiger partial charge in [-0.1, -0.05) is 54.6 Å². The Kier molecular flexibility index (Phi) is 14.6. The fraction of sp³-hybridized carbons (Fsp3) is 0.283. The summed E-state index contributed by atoms with van der Waals surface area (Å²) in [5, 5.41) is 26.7. The number of nitrogens with two attached hydrogens (primary N) is 1. The van der Waals surface area contributed by atoms with Crippen LogP contribution in [-0.4, -0.2) is 109 Å². The van der Waals surface area contributed by atoms with Crippen LogP contribution in [0.25, 0.3) is 33.5 Å². The number of para-hydroxylation sites is 1. The van der Waals surface area contributed by atoms with Crippen molar-refractivity contribution in [2.45, 2.75) is 61.9 Å². The second-order valence-electron chi connectivity index (χ2n) is 16.5. The van der Waals surface area contributed by atoms with E-state index >= 15 is 8.42 Å². The molecule has 0 aliphatic carbocycles. The van der Waals surface area contributed by atoms with E-state index in [-0.39, 0.29) is 42.5 Å². The van der Waals surface area contributed by atoms with Gasteiger partial charge in [0.05, 0.1) is 50.6 Å². The number of alkyl carbamates (subject to hydrolysis) is 1. The van der Waals surface area contributed by atoms with Gasteiger partial charge in [-0.3, -0.25) is 0 Å². The second kappa shape index (κ2) is 20.4. The zero-order valence-electron chi connectivity index (χ0n) is 38.1. The number of anilines is 1. The Morgan fingerprint density at radius 3 is 1.93 bits per heavy atom. The molecule has 6 N–H and O–H groups in total. The maximum atomic E-state index is 16.0. The van der Waals surface area contributed by atoms with E-state index < -0.39 is 60.7 Å². The topological polar surface area (TPSA) is 268 Å². The number of sulfonamides is 2. The average Bonchev–Trinajstić information content (AvgIpc) is 3.95. The quantitative estimate of drug-likeness (QED) is 0.0706. The van der Waals surface area contributed by atoms with Crippen molar-refractivity contribution in [2.24, 2.45) is 0 Å². The van der Waals surface area contributed by atoms with Crippen LogP contribution in [-0.2, 0) is 44.4 Å². The van der Waals surface area contributed by atoms with Gasteiger partial charge in [0.25, 0.3) is 0 Å². The number of amides is 1. The molecule has 1 atom stereocenters. The fourth-order valence-electron chi connectivity index (χ4n) is 7.15. The Bertz CT molecular complexity index is 3050. The zero-order chi connectivity index (χ0) is 48.8. The van der Waals surface area contributed by atoms with E-state index in [4.69, 9.17) is 24.7 Å². The highest BCUT2D eigenvalue weighted by Gasteiger charge is 2.38. The first-order valence-electron chi connectivity index (χ1n) is 21.1. The number of ether oxygens (including phenoxy) is 4. The van der Waals surface area contributed by atoms with E-state index in [1.165, 1.54) is 25.1 Å². The van der Waals surface area contributed by atoms with Crippen molar-refractivity contribution in [3.05, 3.63) is 120 Å². The summed E-state index contributed by atoms with van der Waals surface area (Å²) < 4.78 is 86.4. The van der Waals surface area contributed by atoms with Crippen molar-refractivity contribution in [3.63, 3.8) is 0 Å². The summed E-state index contributed by atoms with van der Waals surface area (Å²) in [4.78, 5) is 19.7. The van der Waals surface area contributed by atoms with Gasteiger partial charge in [0.2, 0.25) is 25.9 Å². The minimum absolute atomic E-state index is 0.0821. The molecule has 2 heterocycles. The maximum absolute atomic E-state index is 16.0. The molecule has 0 bridgehead atoms. The lowest BCUT2D eigenvalue weighted by Gasteiger charge is -2.26. The highest BCUT2D eigenvalue weighted by atomic mass is 32.2. The third-order valence-corrected chi connectivity index (χ3v) is 13.9. The standard InChI is InChI=1S/C46H52N10O10S2/c1-46(2,3)66-45(58)48-24-32(57)25-49-67(59,60)39-23-22-36(37-8-7-9-38-41(37)51-44(47)50-38)40(43-52-54-56(53-43)28-31-14-20-35(65-6)21-15-31)42(39)68(61,62)55(26-29-10-16-33(63-4)17-11-29)27-30-12-18-34(64-5)19-13-30/h7-23,32,49,57H,24-28H2,1-6H3,(H,48,58)(H3,47,50,51)/t32-/m0/s1. The van der Waals surface area contributed by atoms with Gasteiger partial charge in [-0.25, -0.2) is 31.3 Å². The monoisotopic (exact) mass is 968 g/mol. The molecule has 0 aliphatic heterocycles. The summed E-state index contributed by atoms with van der Waals surface area (Å²) in [6.45, 7) is 3.56. The third kappa shape index (κ3) is 11.5. The van der Waals surface area contributed by atoms with Crippen LogP contribution >= 0.6 is 0 Å². The first kappa shape index (κ1) is 48.8. The number of aromatic nitrogens is 6. The van der Waals surface area contributed by atoms with Crippen molar-refractivity contribution >= 4 is 43.1 Å². The number of nitrogen functional groups attached to an aromatic ring is 1. The summed E-state index contributed by atoms with van der Waals surface area (Å²) in [7, 11) is -5.32. The predicted octanol–water partition coefficient (Wildman–Crippen LogP) is 5.09. The Hall–Kier alpha value is -7.11. The molecule has 20 nitrogen and oxygen atoms in total. The van der Waals surface area contributed by atoms with Crippen molar-refractivity contribution in [1.29, 1.82) is 0 Å². The Balaban J connectivity index is 1.44. The lowest BCUT2D eigenvalue weighted by Crippen LogP contribution is -2.42. The molecule has 2 aromatic heterocycles. The number of benzene rings is 5. The number of methoxy groups -OCH3 is 3. The number of aliphatic hydroxyl groups excluding tert-OH is 1. The molecular weight excluding hydrogens is 917 g/mol. The van der Waals surface area contributed by atoms with Crippen LogP contribution in [0.15, 0.2) is 113 Å². The number of nitrogens with one attached hydrogen (secondary N) is 3. The molecule has 22 heteroatoms. The summed E-state index contributed by atoms with van der Waals surface area (Å²) in [5.74, 6) is 1.54. The predicted molar refractivity (Wildman–Crippen MR) is 253 cm³/mol. The van der Waals surface area contributed by atoms with Gasteiger partial charge >= 0.3 is 6.09 Å². The number of carbonyl (C=O) groups excluding carboxylic acids is 1. The number of tetrazole rings is 1. The Labute approximate surface area is 393 Å². The normalized spacial score (nSPS) is 12.5. The zero-order valence-corrected chi connectivity index (χ0v) is 39.8. The molecule has 0 unspecified atom stereocenters. The molecule has 7 aromatic rings. The van der Waals surface area contributed by atoms with Gasteiger partial charge in [0, 0.05) is 31.7 Å². The molecule has 1 amide bonds. The largest absolute Gasteiger partial charge is 0.497 e. The SMILES string of the molecule is COc1ccc(CN(Cc2ccc(OC)cc2)S(=O)(=O)c2c(S(=O)(=O)NC[C@@H](O)CNC(=O)OC(C)(C)C)ccc(-c3cccc4[nH]c(N)nc34)c2-c2nnn(Cc3ccc(OC)cc3)n2)cc1. The highest BCUT2D eigenvalue weighted by Crippen LogP contribution is 2.43. The molecule has 0 fully saturated rings. The van der Waals surface area contributed by atoms with E-state index in [2.05, 4.69) is 35.4 Å². The van der Waals surface area contributed by atoms with Gasteiger partial charge < -0.3 is 40.1 Å². The number of rotatable bonds is 19. The molecule has 0 saturated carbocycles. The van der Waals surface area contributed by atoms with Gasteiger partial charge in [0.1, 0.15) is 32.6 Å². The molecule has 358 valence electrons. The number of hydrogen-bond donors (Lipinski definition) is 5. The molecule has 0 saturated heterocycles. The lowest BCUT2D eigenvalue weighted by atomic mass is 9.98. The Morgan fingerprint density at radius 1 is 0.794 bits per heavy atom. The number of imidazole rings is 1. The number of hydrogen-bond acceptors (Lipinski definition) is 15. The van der Waals surface area contributed by atoms with Crippen molar-refractivity contribution in [3.8, 4) is 39.8 Å². The minimum atomic E-state index is -5.00. The van der Waals surface area contributed by atoms with Crippen molar-refractivity contribution in [1.82, 2.24) is 44.5 Å². The van der Waals surface area contributed by atoms with Crippen LogP contribution in [0.1, 0.15) is 37.5 Å². The molecule has 5 aromatic carbocycles. The average molecular weight is 969 g/mol. The minimum Gasteiger partial charge on any atom is -0.497 e. The van der Waals surface area contributed by atoms with E-state index in [1.807, 2.05) is 0 Å². The van der Waals surface area contributed by atoms with Crippen LogP contribution < -0.4 is 30.0 Å². The molecule has 0 radical (unpaired) electrons. The molecule has 0 spiro atoms. The number of H-pyrrole nitrogens is 1. The van der Waals surface area contributed by atoms with Gasteiger partial charge in [-0.05, 0) is 96.8 Å². The van der Waals surface area contributed by atoms with E-state index in [1.54, 1.807) is 119 Å². The highest BCUT2D eigenvalue weighted by molar-refractivity contribution is 7.92. The van der Waals surface area contributed by atoms with Crippen molar-refractivity contribution in [2.75, 3.05) is 40.2 Å². The first-order valence-corrected chi connectivity index (χ1v) is 24.0. The van der Waals surface area contributed by atoms with Crippen LogP contribution in [0.3, 0.4) is 0 Å². The summed E-state index contributed by atoms with van der Waals surface area (Å²) in [6, 6.07) is 28.4. The summed E-state index contributed by atoms with van der Waals surface area (Å²) >= 11 is 0. The van der Waals surface area contributed by atoms with Crippen LogP contribution in [0, 0.1) is 0 Å². The fourth-order valence-corrected chi connectivity index (χ4v) is 10.6. The number of carbonyl (C=O) groups is 1.